The molecule has 0 aromatic rings. The average Bonchev–Trinajstić information content (AvgIpc) is 2.48. The molecule has 1 N–H and O–H groups in total. The summed E-state index contributed by atoms with van der Waals surface area (Å²) in [7, 11) is 0. The van der Waals surface area contributed by atoms with Gasteiger partial charge in [-0.1, -0.05) is 6.92 Å². The van der Waals surface area contributed by atoms with E-state index in [0.717, 1.165) is 0 Å². The fourth-order valence-electron chi connectivity index (χ4n) is 1.66. The Morgan fingerprint density at radius 3 is 2.40 bits per heavy atom. The van der Waals surface area contributed by atoms with Crippen LogP contribution in [-0.4, -0.2) is 52.6 Å². The molecule has 1 atom stereocenters. The lowest BCUT2D eigenvalue weighted by atomic mass is 10.2. The third-order valence-electron chi connectivity index (χ3n) is 2.67. The molecule has 1 aliphatic heterocycles. The van der Waals surface area contributed by atoms with E-state index >= 15 is 0 Å². The fraction of sp³-hybridized carbons (Fsp3) is 0.800. The largest absolute Gasteiger partial charge is 0.481 e. The molecule has 0 radical (unpaired) electrons. The molecule has 1 rings (SSSR count). The molecule has 0 saturated carbocycles. The Balaban J connectivity index is 2.53. The highest BCUT2D eigenvalue weighted by atomic mass is 16.4. The minimum atomic E-state index is -0.856. The van der Waals surface area contributed by atoms with Crippen LogP contribution < -0.4 is 0 Å². The van der Waals surface area contributed by atoms with Crippen LogP contribution in [0, 0.1) is 5.92 Å². The number of carboxylic acid groups (broad SMARTS) is 1. The van der Waals surface area contributed by atoms with Crippen molar-refractivity contribution in [3.8, 4) is 0 Å². The number of urea groups is 1. The number of nitrogens with zero attached hydrogens (tertiary/aromatic N) is 2. The summed E-state index contributed by atoms with van der Waals surface area (Å²) in [6.07, 6.45) is 0. The zero-order valence-corrected chi connectivity index (χ0v) is 9.43. The van der Waals surface area contributed by atoms with Gasteiger partial charge in [-0.3, -0.25) is 4.79 Å². The van der Waals surface area contributed by atoms with Gasteiger partial charge in [0.2, 0.25) is 0 Å². The molecule has 1 aliphatic rings. The van der Waals surface area contributed by atoms with E-state index in [-0.39, 0.29) is 12.1 Å². The van der Waals surface area contributed by atoms with Gasteiger partial charge in [-0.15, -0.1) is 0 Å². The zero-order chi connectivity index (χ0) is 11.6. The Morgan fingerprint density at radius 2 is 2.00 bits per heavy atom. The highest BCUT2D eigenvalue weighted by Crippen LogP contribution is 2.13. The third-order valence-corrected chi connectivity index (χ3v) is 2.67. The minimum Gasteiger partial charge on any atom is -0.481 e. The number of carboxylic acids is 1. The predicted octanol–water partition coefficient (Wildman–Crippen LogP) is 0.853. The summed E-state index contributed by atoms with van der Waals surface area (Å²) in [6.45, 7) is 7.17. The number of amides is 2. The van der Waals surface area contributed by atoms with Gasteiger partial charge < -0.3 is 14.9 Å². The van der Waals surface area contributed by atoms with Crippen molar-refractivity contribution in [3.63, 3.8) is 0 Å². The van der Waals surface area contributed by atoms with Crippen LogP contribution in [-0.2, 0) is 4.79 Å². The van der Waals surface area contributed by atoms with Gasteiger partial charge >= 0.3 is 12.0 Å². The van der Waals surface area contributed by atoms with Crippen LogP contribution in [0.25, 0.3) is 0 Å². The normalized spacial score (nSPS) is 18.8. The molecular formula is C10H18N2O3. The molecule has 15 heavy (non-hydrogen) atoms. The summed E-state index contributed by atoms with van der Waals surface area (Å²) in [6, 6.07) is 0.140. The van der Waals surface area contributed by atoms with Crippen LogP contribution in [0.15, 0.2) is 0 Å². The van der Waals surface area contributed by atoms with Gasteiger partial charge in [-0.2, -0.15) is 0 Å². The minimum absolute atomic E-state index is 0.0434. The highest BCUT2D eigenvalue weighted by molar-refractivity contribution is 5.78. The van der Waals surface area contributed by atoms with Crippen LogP contribution in [0.2, 0.25) is 0 Å². The number of hydrogen-bond donors (Lipinski definition) is 1. The standard InChI is InChI=1S/C10H18N2O3/c1-7(2)12-5-4-11(10(12)15)6-8(3)9(13)14/h7-8H,4-6H2,1-3H3,(H,13,14). The van der Waals surface area contributed by atoms with E-state index in [0.29, 0.717) is 19.6 Å². The van der Waals surface area contributed by atoms with E-state index in [1.54, 1.807) is 16.7 Å². The van der Waals surface area contributed by atoms with Gasteiger partial charge in [0.15, 0.2) is 0 Å². The quantitative estimate of drug-likeness (QED) is 0.754. The molecular weight excluding hydrogens is 196 g/mol. The predicted molar refractivity (Wildman–Crippen MR) is 55.6 cm³/mol. The van der Waals surface area contributed by atoms with Crippen LogP contribution >= 0.6 is 0 Å². The number of carbonyl (C=O) groups excluding carboxylic acids is 1. The van der Waals surface area contributed by atoms with Crippen molar-refractivity contribution >= 4 is 12.0 Å². The van der Waals surface area contributed by atoms with Crippen molar-refractivity contribution in [3.05, 3.63) is 0 Å². The summed E-state index contributed by atoms with van der Waals surface area (Å²) >= 11 is 0. The molecule has 1 unspecified atom stereocenters. The first-order valence-corrected chi connectivity index (χ1v) is 5.21. The SMILES string of the molecule is CC(CN1CCN(C(C)C)C1=O)C(=O)O. The Hall–Kier alpha value is -1.26. The lowest BCUT2D eigenvalue weighted by Gasteiger charge is -2.22. The van der Waals surface area contributed by atoms with Crippen molar-refractivity contribution in [2.24, 2.45) is 5.92 Å². The van der Waals surface area contributed by atoms with Gasteiger partial charge in [-0.05, 0) is 13.8 Å². The summed E-state index contributed by atoms with van der Waals surface area (Å²) in [4.78, 5) is 25.8. The molecule has 0 aromatic heterocycles. The highest BCUT2D eigenvalue weighted by Gasteiger charge is 2.31. The molecule has 1 saturated heterocycles. The smallest absolute Gasteiger partial charge is 0.320 e. The molecule has 1 fully saturated rings. The van der Waals surface area contributed by atoms with E-state index in [1.807, 2.05) is 13.8 Å². The van der Waals surface area contributed by atoms with E-state index in [9.17, 15) is 9.59 Å². The monoisotopic (exact) mass is 214 g/mol. The van der Waals surface area contributed by atoms with Gasteiger partial charge in [0, 0.05) is 25.7 Å². The van der Waals surface area contributed by atoms with E-state index in [4.69, 9.17) is 5.11 Å². The first-order chi connectivity index (χ1) is 6.93. The summed E-state index contributed by atoms with van der Waals surface area (Å²) < 4.78 is 0. The fourth-order valence-corrected chi connectivity index (χ4v) is 1.66. The zero-order valence-electron chi connectivity index (χ0n) is 9.43. The molecule has 0 spiro atoms. The number of hydrogen-bond acceptors (Lipinski definition) is 2. The molecule has 86 valence electrons. The van der Waals surface area contributed by atoms with Crippen molar-refractivity contribution in [1.82, 2.24) is 9.80 Å². The second kappa shape index (κ2) is 4.51. The van der Waals surface area contributed by atoms with E-state index in [2.05, 4.69) is 0 Å². The maximum Gasteiger partial charge on any atom is 0.320 e. The van der Waals surface area contributed by atoms with Gasteiger partial charge in [0.25, 0.3) is 0 Å². The van der Waals surface area contributed by atoms with E-state index < -0.39 is 11.9 Å². The third kappa shape index (κ3) is 2.61. The van der Waals surface area contributed by atoms with Crippen molar-refractivity contribution in [1.29, 1.82) is 0 Å². The number of rotatable bonds is 4. The van der Waals surface area contributed by atoms with Crippen LogP contribution in [0.1, 0.15) is 20.8 Å². The molecule has 5 nitrogen and oxygen atoms in total. The van der Waals surface area contributed by atoms with Gasteiger partial charge in [0.05, 0.1) is 5.92 Å². The molecule has 0 aliphatic carbocycles. The first kappa shape index (κ1) is 11.8. The summed E-state index contributed by atoms with van der Waals surface area (Å²) in [5.74, 6) is -1.35. The molecule has 5 heteroatoms. The Morgan fingerprint density at radius 1 is 1.40 bits per heavy atom. The van der Waals surface area contributed by atoms with Crippen LogP contribution in [0.3, 0.4) is 0 Å². The first-order valence-electron chi connectivity index (χ1n) is 5.21. The Bertz CT molecular complexity index is 265. The summed E-state index contributed by atoms with van der Waals surface area (Å²) in [5, 5.41) is 8.75. The summed E-state index contributed by atoms with van der Waals surface area (Å²) in [5.41, 5.74) is 0. The van der Waals surface area contributed by atoms with Crippen molar-refractivity contribution < 1.29 is 14.7 Å². The molecule has 2 amide bonds. The lowest BCUT2D eigenvalue weighted by Crippen LogP contribution is -2.38. The molecule has 0 aromatic carbocycles. The number of aliphatic carboxylic acids is 1. The van der Waals surface area contributed by atoms with Gasteiger partial charge in [0.1, 0.15) is 0 Å². The van der Waals surface area contributed by atoms with Crippen LogP contribution in [0.5, 0.6) is 0 Å². The molecule has 0 bridgehead atoms. The van der Waals surface area contributed by atoms with Crippen molar-refractivity contribution in [2.45, 2.75) is 26.8 Å². The van der Waals surface area contributed by atoms with Gasteiger partial charge in [-0.25, -0.2) is 4.79 Å². The maximum atomic E-state index is 11.8. The molecule has 1 heterocycles. The number of carbonyl (C=O) groups is 2. The lowest BCUT2D eigenvalue weighted by molar-refractivity contribution is -0.141. The topological polar surface area (TPSA) is 60.9 Å². The second-order valence-corrected chi connectivity index (χ2v) is 4.26. The maximum absolute atomic E-state index is 11.8. The Labute approximate surface area is 89.7 Å². The Kier molecular flexibility index (Phi) is 3.55. The van der Waals surface area contributed by atoms with Crippen molar-refractivity contribution in [2.75, 3.05) is 19.6 Å². The second-order valence-electron chi connectivity index (χ2n) is 4.26. The van der Waals surface area contributed by atoms with Crippen LogP contribution in [0.4, 0.5) is 4.79 Å². The van der Waals surface area contributed by atoms with E-state index in [1.165, 1.54) is 0 Å². The average molecular weight is 214 g/mol.